The summed E-state index contributed by atoms with van der Waals surface area (Å²) >= 11 is 0. The lowest BCUT2D eigenvalue weighted by atomic mass is 9.97. The van der Waals surface area contributed by atoms with E-state index >= 15 is 0 Å². The Hall–Kier alpha value is -3.07. The third-order valence-electron chi connectivity index (χ3n) is 3.94. The van der Waals surface area contributed by atoms with Crippen LogP contribution in [-0.2, 0) is 19.6 Å². The van der Waals surface area contributed by atoms with Gasteiger partial charge in [0.1, 0.15) is 0 Å². The lowest BCUT2D eigenvalue weighted by Gasteiger charge is -2.16. The molecule has 8 nitrogen and oxygen atoms in total. The minimum absolute atomic E-state index is 0.273. The van der Waals surface area contributed by atoms with Crippen molar-refractivity contribution in [3.05, 3.63) is 70.3 Å². The van der Waals surface area contributed by atoms with Crippen LogP contribution in [0.3, 0.4) is 0 Å². The summed E-state index contributed by atoms with van der Waals surface area (Å²) in [7, 11) is -4.26. The van der Waals surface area contributed by atoms with Crippen LogP contribution in [-0.4, -0.2) is 35.9 Å². The molecule has 25 heavy (non-hydrogen) atoms. The van der Waals surface area contributed by atoms with Crippen molar-refractivity contribution in [3.63, 3.8) is 0 Å². The van der Waals surface area contributed by atoms with E-state index in [1.165, 1.54) is 0 Å². The second-order valence-corrected chi connectivity index (χ2v) is 7.28. The normalized spacial score (nSPS) is 17.8. The standard InChI is InChI=1S/C16H12N2O6S/c19-15-14(11-4-2-1-3-5-11)10-17(16(15)20)25(23,24)13-8-6-12(7-9-13)18(21)22/h1-9,14H,10H2/t14-/m0/s1. The summed E-state index contributed by atoms with van der Waals surface area (Å²) < 4.78 is 25.8. The first-order chi connectivity index (χ1) is 11.8. The molecule has 2 aromatic rings. The molecule has 0 unspecified atom stereocenters. The number of Topliss-reactive ketones (excluding diaryl/α,β-unsaturated/α-hetero) is 1. The maximum Gasteiger partial charge on any atom is 0.304 e. The number of sulfonamides is 1. The Kier molecular flexibility index (Phi) is 4.09. The number of hydrogen-bond acceptors (Lipinski definition) is 6. The highest BCUT2D eigenvalue weighted by molar-refractivity contribution is 7.89. The largest absolute Gasteiger partial charge is 0.304 e. The van der Waals surface area contributed by atoms with Crippen molar-refractivity contribution in [2.45, 2.75) is 10.8 Å². The van der Waals surface area contributed by atoms with Gasteiger partial charge in [-0.25, -0.2) is 12.7 Å². The summed E-state index contributed by atoms with van der Waals surface area (Å²) in [5.74, 6) is -2.76. The molecule has 2 aromatic carbocycles. The van der Waals surface area contributed by atoms with E-state index in [1.807, 2.05) is 0 Å². The van der Waals surface area contributed by atoms with Gasteiger partial charge in [0.15, 0.2) is 0 Å². The fourth-order valence-electron chi connectivity index (χ4n) is 2.62. The van der Waals surface area contributed by atoms with Crippen LogP contribution in [0.1, 0.15) is 11.5 Å². The summed E-state index contributed by atoms with van der Waals surface area (Å²) in [4.78, 5) is 34.1. The molecule has 0 radical (unpaired) electrons. The molecule has 3 rings (SSSR count). The van der Waals surface area contributed by atoms with Gasteiger partial charge in [0, 0.05) is 12.1 Å². The van der Waals surface area contributed by atoms with Crippen LogP contribution in [0, 0.1) is 10.1 Å². The first-order valence-electron chi connectivity index (χ1n) is 7.22. The first-order valence-corrected chi connectivity index (χ1v) is 8.66. The van der Waals surface area contributed by atoms with Crippen molar-refractivity contribution in [3.8, 4) is 0 Å². The molecule has 0 N–H and O–H groups in total. The van der Waals surface area contributed by atoms with Crippen molar-refractivity contribution >= 4 is 27.4 Å². The quantitative estimate of drug-likeness (QED) is 0.463. The molecule has 1 amide bonds. The molecule has 0 saturated carbocycles. The zero-order valence-electron chi connectivity index (χ0n) is 12.7. The SMILES string of the molecule is O=C1C(=O)N(S(=O)(=O)c2ccc([N+](=O)[O-])cc2)C[C@H]1c1ccccc1. The van der Waals surface area contributed by atoms with E-state index in [0.29, 0.717) is 9.87 Å². The van der Waals surface area contributed by atoms with Gasteiger partial charge in [-0.15, -0.1) is 0 Å². The van der Waals surface area contributed by atoms with E-state index in [0.717, 1.165) is 24.3 Å². The monoisotopic (exact) mass is 360 g/mol. The molecule has 0 spiro atoms. The molecule has 1 atom stereocenters. The van der Waals surface area contributed by atoms with Crippen LogP contribution in [0.2, 0.25) is 0 Å². The van der Waals surface area contributed by atoms with Gasteiger partial charge < -0.3 is 0 Å². The minimum Gasteiger partial charge on any atom is -0.288 e. The summed E-state index contributed by atoms with van der Waals surface area (Å²) in [6.45, 7) is -0.291. The fraction of sp³-hybridized carbons (Fsp3) is 0.125. The van der Waals surface area contributed by atoms with Gasteiger partial charge in [-0.1, -0.05) is 30.3 Å². The number of carbonyl (C=O) groups is 2. The topological polar surface area (TPSA) is 115 Å². The number of non-ortho nitro benzene ring substituents is 1. The molecule has 9 heteroatoms. The maximum absolute atomic E-state index is 12.6. The minimum atomic E-state index is -4.26. The molecule has 1 aliphatic rings. The van der Waals surface area contributed by atoms with E-state index < -0.39 is 32.6 Å². The van der Waals surface area contributed by atoms with Crippen molar-refractivity contribution < 1.29 is 22.9 Å². The van der Waals surface area contributed by atoms with Gasteiger partial charge in [-0.05, 0) is 17.7 Å². The number of amides is 1. The Bertz CT molecular complexity index is 954. The van der Waals surface area contributed by atoms with Gasteiger partial charge in [0.2, 0.25) is 5.78 Å². The number of nitro benzene ring substituents is 1. The summed E-state index contributed by atoms with van der Waals surface area (Å²) in [6.07, 6.45) is 0. The van der Waals surface area contributed by atoms with Crippen LogP contribution in [0.25, 0.3) is 0 Å². The number of benzene rings is 2. The third-order valence-corrected chi connectivity index (χ3v) is 5.70. The molecular weight excluding hydrogens is 348 g/mol. The maximum atomic E-state index is 12.6. The Balaban J connectivity index is 1.94. The van der Waals surface area contributed by atoms with Crippen molar-refractivity contribution in [2.75, 3.05) is 6.54 Å². The molecule has 0 bridgehead atoms. The van der Waals surface area contributed by atoms with Gasteiger partial charge >= 0.3 is 5.91 Å². The van der Waals surface area contributed by atoms with E-state index in [9.17, 15) is 28.1 Å². The van der Waals surface area contributed by atoms with Crippen molar-refractivity contribution in [1.82, 2.24) is 4.31 Å². The summed E-state index contributed by atoms with van der Waals surface area (Å²) in [5.41, 5.74) is 0.284. The second-order valence-electron chi connectivity index (χ2n) is 5.42. The number of nitrogens with zero attached hydrogens (tertiary/aromatic N) is 2. The molecule has 1 saturated heterocycles. The molecule has 0 aliphatic carbocycles. The highest BCUT2D eigenvalue weighted by Crippen LogP contribution is 2.30. The number of ketones is 1. The molecule has 1 fully saturated rings. The smallest absolute Gasteiger partial charge is 0.288 e. The van der Waals surface area contributed by atoms with E-state index in [-0.39, 0.29) is 17.1 Å². The fourth-order valence-corrected chi connectivity index (χ4v) is 4.01. The van der Waals surface area contributed by atoms with Crippen molar-refractivity contribution in [2.24, 2.45) is 0 Å². The zero-order valence-corrected chi connectivity index (χ0v) is 13.5. The lowest BCUT2D eigenvalue weighted by Crippen LogP contribution is -2.33. The number of nitro groups is 1. The van der Waals surface area contributed by atoms with E-state index in [2.05, 4.69) is 0 Å². The van der Waals surface area contributed by atoms with Crippen LogP contribution < -0.4 is 0 Å². The third kappa shape index (κ3) is 2.89. The van der Waals surface area contributed by atoms with Gasteiger partial charge in [-0.2, -0.15) is 0 Å². The number of rotatable bonds is 4. The Morgan fingerprint density at radius 1 is 1.00 bits per heavy atom. The van der Waals surface area contributed by atoms with Crippen LogP contribution >= 0.6 is 0 Å². The molecule has 1 aliphatic heterocycles. The van der Waals surface area contributed by atoms with Gasteiger partial charge in [0.05, 0.1) is 22.3 Å². The summed E-state index contributed by atoms with van der Waals surface area (Å²) in [5, 5.41) is 10.7. The van der Waals surface area contributed by atoms with Crippen LogP contribution in [0.4, 0.5) is 5.69 Å². The van der Waals surface area contributed by atoms with Crippen LogP contribution in [0.5, 0.6) is 0 Å². The Morgan fingerprint density at radius 3 is 2.16 bits per heavy atom. The first kappa shape index (κ1) is 16.8. The molecular formula is C16H12N2O6S. The second kappa shape index (κ2) is 6.10. The zero-order chi connectivity index (χ0) is 18.2. The molecule has 1 heterocycles. The lowest BCUT2D eigenvalue weighted by molar-refractivity contribution is -0.384. The van der Waals surface area contributed by atoms with E-state index in [1.54, 1.807) is 30.3 Å². The summed E-state index contributed by atoms with van der Waals surface area (Å²) in [6, 6.07) is 12.6. The Labute approximate surface area is 142 Å². The highest BCUT2D eigenvalue weighted by atomic mass is 32.2. The Morgan fingerprint density at radius 2 is 1.60 bits per heavy atom. The predicted octanol–water partition coefficient (Wildman–Crippen LogP) is 1.48. The average Bonchev–Trinajstić information content (AvgIpc) is 2.92. The average molecular weight is 360 g/mol. The number of carbonyl (C=O) groups excluding carboxylic acids is 2. The molecule has 128 valence electrons. The molecule has 0 aromatic heterocycles. The van der Waals surface area contributed by atoms with Gasteiger partial charge in [-0.3, -0.25) is 19.7 Å². The van der Waals surface area contributed by atoms with Crippen molar-refractivity contribution in [1.29, 1.82) is 0 Å². The highest BCUT2D eigenvalue weighted by Gasteiger charge is 2.45. The number of hydrogen-bond donors (Lipinski definition) is 0. The predicted molar refractivity (Wildman–Crippen MR) is 86.2 cm³/mol. The van der Waals surface area contributed by atoms with Gasteiger partial charge in [0.25, 0.3) is 15.7 Å². The van der Waals surface area contributed by atoms with E-state index in [4.69, 9.17) is 0 Å². The van der Waals surface area contributed by atoms with Crippen LogP contribution in [0.15, 0.2) is 59.5 Å².